The molecule has 0 aliphatic carbocycles. The predicted molar refractivity (Wildman–Crippen MR) is 79.3 cm³/mol. The molecule has 0 aliphatic heterocycles. The molecule has 0 bridgehead atoms. The number of hydrogen-bond acceptors (Lipinski definition) is 3. The van der Waals surface area contributed by atoms with E-state index >= 15 is 0 Å². The minimum absolute atomic E-state index is 0.362. The smallest absolute Gasteiger partial charge is 0.326 e. The summed E-state index contributed by atoms with van der Waals surface area (Å²) < 4.78 is 5.64. The molecular formula is C16H23NO3. The molecule has 1 rings (SSSR count). The Balaban J connectivity index is 2.81. The van der Waals surface area contributed by atoms with Gasteiger partial charge in [-0.15, -0.1) is 0 Å². The van der Waals surface area contributed by atoms with Gasteiger partial charge in [0, 0.05) is 13.5 Å². The molecule has 110 valence electrons. The zero-order valence-electron chi connectivity index (χ0n) is 12.6. The van der Waals surface area contributed by atoms with Gasteiger partial charge in [-0.25, -0.2) is 4.79 Å². The molecule has 1 aromatic carbocycles. The van der Waals surface area contributed by atoms with Crippen LogP contribution >= 0.6 is 0 Å². The van der Waals surface area contributed by atoms with Crippen LogP contribution in [0.15, 0.2) is 42.8 Å². The predicted octanol–water partition coefficient (Wildman–Crippen LogP) is 2.90. The summed E-state index contributed by atoms with van der Waals surface area (Å²) in [5.41, 5.74) is 0.566. The van der Waals surface area contributed by atoms with Gasteiger partial charge < -0.3 is 14.7 Å². The van der Waals surface area contributed by atoms with E-state index in [-0.39, 0.29) is 0 Å². The number of hydrogen-bond donors (Lipinski definition) is 1. The molecule has 1 aromatic rings. The second-order valence-corrected chi connectivity index (χ2v) is 5.76. The Kier molecular flexibility index (Phi) is 5.19. The first kappa shape index (κ1) is 16.1. The van der Waals surface area contributed by atoms with Gasteiger partial charge in [0.1, 0.15) is 11.6 Å². The van der Waals surface area contributed by atoms with Crippen molar-refractivity contribution >= 4 is 5.97 Å². The second kappa shape index (κ2) is 6.46. The molecule has 1 N–H and O–H groups in total. The number of aliphatic carboxylic acids is 1. The highest BCUT2D eigenvalue weighted by Crippen LogP contribution is 2.18. The summed E-state index contributed by atoms with van der Waals surface area (Å²) in [6, 6.07) is 8.83. The van der Waals surface area contributed by atoms with Crippen LogP contribution in [-0.2, 0) is 16.0 Å². The molecule has 0 saturated carbocycles. The highest BCUT2D eigenvalue weighted by Gasteiger charge is 2.26. The van der Waals surface area contributed by atoms with Crippen molar-refractivity contribution in [2.24, 2.45) is 0 Å². The van der Waals surface area contributed by atoms with Crippen LogP contribution in [0, 0.1) is 0 Å². The van der Waals surface area contributed by atoms with Gasteiger partial charge in [0.25, 0.3) is 0 Å². The van der Waals surface area contributed by atoms with E-state index in [4.69, 9.17) is 4.74 Å². The third-order valence-electron chi connectivity index (χ3n) is 2.84. The molecule has 0 saturated heterocycles. The van der Waals surface area contributed by atoms with E-state index in [1.54, 1.807) is 11.9 Å². The Morgan fingerprint density at radius 3 is 2.35 bits per heavy atom. The third kappa shape index (κ3) is 4.96. The zero-order chi connectivity index (χ0) is 15.3. The normalized spacial score (nSPS) is 12.6. The van der Waals surface area contributed by atoms with Crippen molar-refractivity contribution in [3.8, 4) is 0 Å². The largest absolute Gasteiger partial charge is 0.480 e. The van der Waals surface area contributed by atoms with E-state index in [2.05, 4.69) is 6.58 Å². The van der Waals surface area contributed by atoms with E-state index in [0.717, 1.165) is 5.56 Å². The standard InChI is InChI=1S/C16H23NO3/c1-12(20-16(2,3)4)17(5)14(15(18)19)11-13-9-7-6-8-10-13/h6-10,14H,1,11H2,2-5H3,(H,18,19)/t14-/m0/s1. The van der Waals surface area contributed by atoms with E-state index in [9.17, 15) is 9.90 Å². The van der Waals surface area contributed by atoms with Crippen LogP contribution in [-0.4, -0.2) is 34.7 Å². The molecule has 20 heavy (non-hydrogen) atoms. The molecule has 0 radical (unpaired) electrons. The average Bonchev–Trinajstić information content (AvgIpc) is 2.34. The number of rotatable bonds is 6. The Labute approximate surface area is 120 Å². The van der Waals surface area contributed by atoms with E-state index in [1.165, 1.54) is 0 Å². The molecule has 4 nitrogen and oxygen atoms in total. The highest BCUT2D eigenvalue weighted by molar-refractivity contribution is 5.74. The Morgan fingerprint density at radius 1 is 1.35 bits per heavy atom. The molecule has 0 heterocycles. The number of carboxylic acids is 1. The molecule has 0 spiro atoms. The fourth-order valence-electron chi connectivity index (χ4n) is 1.83. The molecule has 4 heteroatoms. The minimum atomic E-state index is -0.894. The number of benzene rings is 1. The lowest BCUT2D eigenvalue weighted by Crippen LogP contribution is -2.41. The van der Waals surface area contributed by atoms with E-state index in [0.29, 0.717) is 12.3 Å². The SMILES string of the molecule is C=C(OC(C)(C)C)N(C)[C@@H](Cc1ccccc1)C(=O)O. The van der Waals surface area contributed by atoms with Crippen LogP contribution in [0.25, 0.3) is 0 Å². The summed E-state index contributed by atoms with van der Waals surface area (Å²) in [7, 11) is 1.69. The monoisotopic (exact) mass is 277 g/mol. The first-order valence-corrected chi connectivity index (χ1v) is 6.58. The highest BCUT2D eigenvalue weighted by atomic mass is 16.5. The summed E-state index contributed by atoms with van der Waals surface area (Å²) in [6.07, 6.45) is 0.402. The molecule has 0 unspecified atom stereocenters. The third-order valence-corrected chi connectivity index (χ3v) is 2.84. The number of carboxylic acid groups (broad SMARTS) is 1. The summed E-state index contributed by atoms with van der Waals surface area (Å²) in [6.45, 7) is 9.53. The zero-order valence-corrected chi connectivity index (χ0v) is 12.6. The van der Waals surface area contributed by atoms with Gasteiger partial charge in [-0.2, -0.15) is 0 Å². The molecule has 0 fully saturated rings. The first-order chi connectivity index (χ1) is 9.20. The Morgan fingerprint density at radius 2 is 1.90 bits per heavy atom. The van der Waals surface area contributed by atoms with E-state index in [1.807, 2.05) is 51.1 Å². The van der Waals surface area contributed by atoms with Crippen LogP contribution in [0.1, 0.15) is 26.3 Å². The lowest BCUT2D eigenvalue weighted by Gasteiger charge is -2.32. The van der Waals surface area contributed by atoms with Gasteiger partial charge in [-0.3, -0.25) is 0 Å². The molecule has 0 aliphatic rings. The summed E-state index contributed by atoms with van der Waals surface area (Å²) in [5, 5.41) is 9.41. The van der Waals surface area contributed by atoms with Gasteiger partial charge >= 0.3 is 5.97 Å². The van der Waals surface area contributed by atoms with Crippen molar-refractivity contribution in [1.82, 2.24) is 4.90 Å². The summed E-state index contributed by atoms with van der Waals surface area (Å²) in [4.78, 5) is 13.0. The van der Waals surface area contributed by atoms with Crippen molar-refractivity contribution in [2.45, 2.75) is 38.8 Å². The molecular weight excluding hydrogens is 254 g/mol. The number of nitrogens with zero attached hydrogens (tertiary/aromatic N) is 1. The van der Waals surface area contributed by atoms with Gasteiger partial charge in [0.05, 0.1) is 0 Å². The number of carbonyl (C=O) groups is 1. The topological polar surface area (TPSA) is 49.8 Å². The minimum Gasteiger partial charge on any atom is -0.480 e. The fraction of sp³-hybridized carbons (Fsp3) is 0.438. The summed E-state index contributed by atoms with van der Waals surface area (Å²) in [5.74, 6) is -0.532. The second-order valence-electron chi connectivity index (χ2n) is 5.76. The van der Waals surface area contributed by atoms with Crippen molar-refractivity contribution in [3.63, 3.8) is 0 Å². The molecule has 0 aromatic heterocycles. The maximum atomic E-state index is 11.5. The van der Waals surface area contributed by atoms with Gasteiger partial charge in [0.15, 0.2) is 5.88 Å². The van der Waals surface area contributed by atoms with Crippen molar-refractivity contribution < 1.29 is 14.6 Å². The van der Waals surface area contributed by atoms with Crippen molar-refractivity contribution in [3.05, 3.63) is 48.4 Å². The lowest BCUT2D eigenvalue weighted by molar-refractivity contribution is -0.143. The fourth-order valence-corrected chi connectivity index (χ4v) is 1.83. The Hall–Kier alpha value is -1.97. The number of ether oxygens (including phenoxy) is 1. The number of likely N-dealkylation sites (N-methyl/N-ethyl adjacent to an activating group) is 1. The Bertz CT molecular complexity index is 462. The van der Waals surface area contributed by atoms with Gasteiger partial charge in [-0.1, -0.05) is 30.3 Å². The molecule has 0 amide bonds. The first-order valence-electron chi connectivity index (χ1n) is 6.58. The maximum Gasteiger partial charge on any atom is 0.326 e. The van der Waals surface area contributed by atoms with Gasteiger partial charge in [0.2, 0.25) is 0 Å². The van der Waals surface area contributed by atoms with Crippen LogP contribution in [0.3, 0.4) is 0 Å². The van der Waals surface area contributed by atoms with Gasteiger partial charge in [-0.05, 0) is 32.9 Å². The van der Waals surface area contributed by atoms with Crippen molar-refractivity contribution in [2.75, 3.05) is 7.05 Å². The maximum absolute atomic E-state index is 11.5. The average molecular weight is 277 g/mol. The molecule has 1 atom stereocenters. The van der Waals surface area contributed by atoms with Crippen LogP contribution < -0.4 is 0 Å². The van der Waals surface area contributed by atoms with Crippen molar-refractivity contribution in [1.29, 1.82) is 0 Å². The lowest BCUT2D eigenvalue weighted by atomic mass is 10.1. The van der Waals surface area contributed by atoms with Crippen LogP contribution in [0.4, 0.5) is 0 Å². The van der Waals surface area contributed by atoms with Crippen LogP contribution in [0.2, 0.25) is 0 Å². The summed E-state index contributed by atoms with van der Waals surface area (Å²) >= 11 is 0. The van der Waals surface area contributed by atoms with Crippen LogP contribution in [0.5, 0.6) is 0 Å². The quantitative estimate of drug-likeness (QED) is 0.812. The van der Waals surface area contributed by atoms with E-state index < -0.39 is 17.6 Å².